The molecule has 0 saturated carbocycles. The minimum atomic E-state index is 0.735. The van der Waals surface area contributed by atoms with Gasteiger partial charge in [-0.2, -0.15) is 15.3 Å². The number of fused-ring (bicyclic) bond motifs is 8. The molecule has 0 radical (unpaired) electrons. The van der Waals surface area contributed by atoms with E-state index in [0.717, 1.165) is 121 Å². The number of benzene rings is 1. The first-order chi connectivity index (χ1) is 25.4. The van der Waals surface area contributed by atoms with Gasteiger partial charge in [0.05, 0.1) is 61.7 Å². The molecule has 13 nitrogen and oxygen atoms in total. The summed E-state index contributed by atoms with van der Waals surface area (Å²) in [6, 6.07) is 18.3. The summed E-state index contributed by atoms with van der Waals surface area (Å²) < 4.78 is 5.74. The lowest BCUT2D eigenvalue weighted by Crippen LogP contribution is -1.98. The zero-order valence-electron chi connectivity index (χ0n) is 29.3. The van der Waals surface area contributed by atoms with Crippen molar-refractivity contribution in [3.05, 3.63) is 131 Å². The Balaban J connectivity index is 0.000000138. The van der Waals surface area contributed by atoms with E-state index in [1.807, 2.05) is 90.3 Å². The fraction of sp³-hybridized carbons (Fsp3) is 0.205. The van der Waals surface area contributed by atoms with Gasteiger partial charge in [0.25, 0.3) is 0 Å². The van der Waals surface area contributed by atoms with Crippen molar-refractivity contribution in [2.24, 2.45) is 0 Å². The zero-order valence-corrected chi connectivity index (χ0v) is 29.3. The molecule has 13 heteroatoms. The molecule has 1 N–H and O–H groups in total. The number of aryl methyl sites for hydroxylation is 8. The molecule has 52 heavy (non-hydrogen) atoms. The van der Waals surface area contributed by atoms with Crippen molar-refractivity contribution in [1.29, 1.82) is 0 Å². The van der Waals surface area contributed by atoms with Crippen molar-refractivity contribution >= 4 is 49.5 Å². The summed E-state index contributed by atoms with van der Waals surface area (Å²) in [7, 11) is 0. The van der Waals surface area contributed by atoms with Crippen LogP contribution in [0.2, 0.25) is 0 Å². The van der Waals surface area contributed by atoms with E-state index in [1.54, 1.807) is 6.20 Å². The lowest BCUT2D eigenvalue weighted by Gasteiger charge is -1.99. The highest BCUT2D eigenvalue weighted by Gasteiger charge is 2.13. The monoisotopic (exact) mass is 685 g/mol. The molecule has 0 unspecified atom stereocenters. The van der Waals surface area contributed by atoms with Crippen LogP contribution < -0.4 is 0 Å². The molecule has 0 saturated heterocycles. The molecule has 10 aromatic rings. The Morgan fingerprint density at radius 2 is 1.33 bits per heavy atom. The van der Waals surface area contributed by atoms with Gasteiger partial charge in [-0.3, -0.25) is 19.9 Å². The summed E-state index contributed by atoms with van der Waals surface area (Å²) in [6.07, 6.45) is 12.4. The Morgan fingerprint density at radius 1 is 0.635 bits per heavy atom. The number of nitrogens with one attached hydrogen (secondary N) is 1. The molecule has 0 aliphatic carbocycles. The van der Waals surface area contributed by atoms with E-state index in [0.29, 0.717) is 0 Å². The topological polar surface area (TPSA) is 145 Å². The van der Waals surface area contributed by atoms with Crippen LogP contribution >= 0.6 is 0 Å². The molecule has 9 aromatic heterocycles. The van der Waals surface area contributed by atoms with Crippen LogP contribution in [0.4, 0.5) is 0 Å². The third-order valence-electron chi connectivity index (χ3n) is 9.44. The standard InChI is InChI=1S/C20H18N6.C19H17N7/c1-12-11-22-13(2)17-10-15(25-26(12)17)6-8-18-23-16-7-5-14-4-3-9-21-19(14)20(16)24-18;1-12-11-21-13(2)17-10-14(23-26(12)17)5-6-18-22-19-15-4-3-8-20-16(15)7-9-25(19)24-18/h3-5,7,9-11H,6,8H2,1-2H3,(H,23,24);3-4,7-11H,5-6H2,1-2H3. The molecule has 0 aliphatic heterocycles. The van der Waals surface area contributed by atoms with Gasteiger partial charge in [-0.05, 0) is 83.0 Å². The van der Waals surface area contributed by atoms with Crippen LogP contribution in [0.3, 0.4) is 0 Å². The average Bonchev–Trinajstić information content (AvgIpc) is 3.98. The Hall–Kier alpha value is -6.63. The van der Waals surface area contributed by atoms with E-state index in [-0.39, 0.29) is 0 Å². The molecule has 256 valence electrons. The second-order valence-corrected chi connectivity index (χ2v) is 13.1. The van der Waals surface area contributed by atoms with E-state index in [9.17, 15) is 0 Å². The maximum atomic E-state index is 4.78. The second kappa shape index (κ2) is 12.6. The number of hydrogen-bond acceptors (Lipinski definition) is 9. The number of aromatic amines is 1. The highest BCUT2D eigenvalue weighted by molar-refractivity contribution is 6.01. The van der Waals surface area contributed by atoms with Gasteiger partial charge >= 0.3 is 0 Å². The van der Waals surface area contributed by atoms with Crippen LogP contribution in [0.25, 0.3) is 49.5 Å². The Kier molecular flexibility index (Phi) is 7.60. The minimum absolute atomic E-state index is 0.735. The summed E-state index contributed by atoms with van der Waals surface area (Å²) in [6.45, 7) is 8.05. The predicted molar refractivity (Wildman–Crippen MR) is 199 cm³/mol. The van der Waals surface area contributed by atoms with Gasteiger partial charge in [0.1, 0.15) is 11.3 Å². The summed E-state index contributed by atoms with van der Waals surface area (Å²) in [5.41, 5.74) is 12.9. The van der Waals surface area contributed by atoms with Crippen LogP contribution in [0.1, 0.15) is 45.8 Å². The molecule has 10 rings (SSSR count). The number of imidazole rings is 1. The Labute approximate surface area is 297 Å². The number of rotatable bonds is 6. The van der Waals surface area contributed by atoms with Crippen molar-refractivity contribution in [2.45, 2.75) is 53.4 Å². The van der Waals surface area contributed by atoms with Gasteiger partial charge in [0.15, 0.2) is 11.5 Å². The summed E-state index contributed by atoms with van der Waals surface area (Å²) >= 11 is 0. The first-order valence-electron chi connectivity index (χ1n) is 17.3. The SMILES string of the molecule is Cc1ncc(C)n2nc(CCc3nc4c(ccc5cccnc54)[nH]3)cc12.Cc1ncc(C)n2nc(CCc3nc4c5cccnc5ccn4n3)cc12. The molecular weight excluding hydrogens is 651 g/mol. The van der Waals surface area contributed by atoms with E-state index in [4.69, 9.17) is 20.2 Å². The van der Waals surface area contributed by atoms with E-state index >= 15 is 0 Å². The van der Waals surface area contributed by atoms with Crippen molar-refractivity contribution in [1.82, 2.24) is 63.7 Å². The molecule has 9 heterocycles. The minimum Gasteiger partial charge on any atom is -0.342 e. The number of pyridine rings is 3. The highest BCUT2D eigenvalue weighted by atomic mass is 15.3. The third kappa shape index (κ3) is 5.65. The smallest absolute Gasteiger partial charge is 0.164 e. The molecule has 0 aliphatic rings. The summed E-state index contributed by atoms with van der Waals surface area (Å²) in [5.74, 6) is 1.77. The van der Waals surface area contributed by atoms with Gasteiger partial charge < -0.3 is 4.98 Å². The molecular formula is C39H35N13. The number of aromatic nitrogens is 13. The predicted octanol–water partition coefficient (Wildman–Crippen LogP) is 6.28. The van der Waals surface area contributed by atoms with Crippen LogP contribution in [-0.4, -0.2) is 63.7 Å². The largest absolute Gasteiger partial charge is 0.342 e. The highest BCUT2D eigenvalue weighted by Crippen LogP contribution is 2.23. The molecule has 0 atom stereocenters. The molecule has 0 spiro atoms. The van der Waals surface area contributed by atoms with Crippen LogP contribution in [-0.2, 0) is 25.7 Å². The van der Waals surface area contributed by atoms with E-state index in [2.05, 4.69) is 60.4 Å². The molecule has 0 amide bonds. The lowest BCUT2D eigenvalue weighted by atomic mass is 10.2. The van der Waals surface area contributed by atoms with Crippen molar-refractivity contribution in [2.75, 3.05) is 0 Å². The maximum Gasteiger partial charge on any atom is 0.164 e. The fourth-order valence-electron chi connectivity index (χ4n) is 6.69. The second-order valence-electron chi connectivity index (χ2n) is 13.1. The number of hydrogen-bond donors (Lipinski definition) is 1. The zero-order chi connectivity index (χ0) is 35.3. The van der Waals surface area contributed by atoms with Crippen molar-refractivity contribution in [3.8, 4) is 0 Å². The molecule has 0 fully saturated rings. The van der Waals surface area contributed by atoms with Crippen molar-refractivity contribution < 1.29 is 0 Å². The number of H-pyrrole nitrogens is 1. The molecule has 0 bridgehead atoms. The summed E-state index contributed by atoms with van der Waals surface area (Å²) in [4.78, 5) is 30.6. The summed E-state index contributed by atoms with van der Waals surface area (Å²) in [5, 5.41) is 16.1. The van der Waals surface area contributed by atoms with E-state index < -0.39 is 0 Å². The maximum absolute atomic E-state index is 4.78. The molecule has 1 aromatic carbocycles. The quantitative estimate of drug-likeness (QED) is 0.214. The van der Waals surface area contributed by atoms with Crippen LogP contribution in [0.15, 0.2) is 85.6 Å². The Bertz CT molecular complexity index is 2650. The van der Waals surface area contributed by atoms with Gasteiger partial charge in [-0.25, -0.2) is 23.5 Å². The van der Waals surface area contributed by atoms with Gasteiger partial charge in [0.2, 0.25) is 0 Å². The Morgan fingerprint density at radius 3 is 2.06 bits per heavy atom. The lowest BCUT2D eigenvalue weighted by molar-refractivity contribution is 0.792. The number of nitrogens with zero attached hydrogens (tertiary/aromatic N) is 12. The third-order valence-corrected chi connectivity index (χ3v) is 9.44. The van der Waals surface area contributed by atoms with Gasteiger partial charge in [-0.15, -0.1) is 0 Å². The first-order valence-corrected chi connectivity index (χ1v) is 17.3. The average molecular weight is 686 g/mol. The van der Waals surface area contributed by atoms with Gasteiger partial charge in [0, 0.05) is 54.6 Å². The van der Waals surface area contributed by atoms with Crippen LogP contribution in [0, 0.1) is 27.7 Å². The van der Waals surface area contributed by atoms with Crippen LogP contribution in [0.5, 0.6) is 0 Å². The van der Waals surface area contributed by atoms with E-state index in [1.165, 1.54) is 0 Å². The first kappa shape index (κ1) is 31.4. The fourth-order valence-corrected chi connectivity index (χ4v) is 6.69. The van der Waals surface area contributed by atoms with Gasteiger partial charge in [-0.1, -0.05) is 12.1 Å². The van der Waals surface area contributed by atoms with Crippen molar-refractivity contribution in [3.63, 3.8) is 0 Å². The normalized spacial score (nSPS) is 11.8.